The van der Waals surface area contributed by atoms with Crippen LogP contribution in [0.5, 0.6) is 0 Å². The molecule has 77 heavy (non-hydrogen) atoms. The van der Waals surface area contributed by atoms with Gasteiger partial charge in [-0.25, -0.2) is 45.4 Å². The lowest BCUT2D eigenvalue weighted by molar-refractivity contribution is 0.0605. The van der Waals surface area contributed by atoms with Gasteiger partial charge in [0.05, 0.1) is 58.5 Å². The van der Waals surface area contributed by atoms with E-state index in [0.717, 1.165) is 117 Å². The Kier molecular flexibility index (Phi) is 16.7. The molecule has 4 saturated heterocycles. The van der Waals surface area contributed by atoms with Crippen LogP contribution in [0.4, 0.5) is 27.8 Å². The average Bonchev–Trinajstić information content (AvgIpc) is 4.02. The molecule has 21 nitrogen and oxygen atoms in total. The first-order chi connectivity index (χ1) is 36.9. The average molecular weight is 1130 g/mol. The van der Waals surface area contributed by atoms with Crippen molar-refractivity contribution < 1.29 is 41.1 Å². The highest BCUT2D eigenvalue weighted by molar-refractivity contribution is 7.92. The van der Waals surface area contributed by atoms with Crippen molar-refractivity contribution in [1.29, 1.82) is 0 Å². The third-order valence-electron chi connectivity index (χ3n) is 13.4. The van der Waals surface area contributed by atoms with Gasteiger partial charge in [-0.05, 0) is 105 Å². The number of carbonyl (C=O) groups is 3. The van der Waals surface area contributed by atoms with E-state index in [2.05, 4.69) is 19.2 Å². The number of carboxylic acids is 1. The largest absolute Gasteiger partial charge is 0.478 e. The van der Waals surface area contributed by atoms with E-state index in [4.69, 9.17) is 53.2 Å². The number of halogens is 2. The van der Waals surface area contributed by atoms with Crippen LogP contribution >= 0.6 is 23.2 Å². The van der Waals surface area contributed by atoms with Crippen molar-refractivity contribution in [2.24, 2.45) is 0 Å². The Morgan fingerprint density at radius 2 is 1.09 bits per heavy atom. The number of amides is 2. The maximum Gasteiger partial charge on any atom is 0.410 e. The molecule has 3 N–H and O–H groups in total. The third-order valence-corrected chi connectivity index (χ3v) is 15.1. The van der Waals surface area contributed by atoms with E-state index in [1.807, 2.05) is 71.9 Å². The second-order valence-corrected chi connectivity index (χ2v) is 23.6. The molecule has 25 heteroatoms. The summed E-state index contributed by atoms with van der Waals surface area (Å²) in [6.45, 7) is 5.68. The van der Waals surface area contributed by atoms with E-state index in [-0.39, 0.29) is 58.2 Å². The topological polar surface area (TPSA) is 246 Å². The zero-order valence-electron chi connectivity index (χ0n) is 42.3. The molecule has 0 aliphatic carbocycles. The standard InChI is InChI=1S/C22H25ClN6O3S.C22H25N5O2.C8H8ClNO4S/c1-33(31,32)26-17-7-6-15(23)13-16(17)22(30)28-11-3-2-5-19(28)18-14-21-24-20(27-9-4-10-27)8-12-29(21)25-18;28-22(29-16-17-7-2-1-3-8-17)26-13-5-4-9-19(26)18-15-21-23-20(25-11-6-12-25)10-14-27(21)24-18;1-15(13,14)10-7-3-2-5(9)4-6(7)8(11)12/h6-8,12-14,19,26H,2-5,9-11H2,1H3;1-3,7-8,10,14-15,19H,4-6,9,11-13,16H2;2-4,10H,1H3,(H,11,12)/t2*19-;/m00./s1. The molecule has 4 fully saturated rings. The van der Waals surface area contributed by atoms with Crippen molar-refractivity contribution in [2.45, 2.75) is 70.1 Å². The molecule has 0 radical (unpaired) electrons. The summed E-state index contributed by atoms with van der Waals surface area (Å²) in [6.07, 6.45) is 13.5. The Bertz CT molecular complexity index is 3520. The van der Waals surface area contributed by atoms with Crippen molar-refractivity contribution in [1.82, 2.24) is 39.0 Å². The summed E-state index contributed by atoms with van der Waals surface area (Å²) in [5.41, 5.74) is 4.47. The number of rotatable bonds is 12. The number of nitrogens with one attached hydrogen (secondary N) is 2. The normalized spacial score (nSPS) is 17.5. The SMILES string of the molecule is CS(=O)(=O)Nc1ccc(Cl)cc1C(=O)N1CCCC[C@H]1c1cc2nc(N3CCC3)ccn2n1.CS(=O)(=O)Nc1ccc(Cl)cc1C(=O)O.O=C(OCc1ccccc1)N1CCCC[C@H]1c1cc2nc(N3CCC3)ccn2n1. The van der Waals surface area contributed by atoms with Crippen LogP contribution in [0.3, 0.4) is 0 Å². The number of fused-ring (bicyclic) bond motifs is 2. The zero-order chi connectivity index (χ0) is 54.4. The summed E-state index contributed by atoms with van der Waals surface area (Å²) in [7, 11) is -7.06. The van der Waals surface area contributed by atoms with E-state index in [9.17, 15) is 31.2 Å². The van der Waals surface area contributed by atoms with Gasteiger partial charge in [-0.2, -0.15) is 10.2 Å². The van der Waals surface area contributed by atoms with Crippen LogP contribution in [0.2, 0.25) is 10.0 Å². The fourth-order valence-electron chi connectivity index (χ4n) is 9.41. The number of ether oxygens (including phenoxy) is 1. The molecule has 3 aromatic carbocycles. The summed E-state index contributed by atoms with van der Waals surface area (Å²) in [4.78, 5) is 54.8. The predicted molar refractivity (Wildman–Crippen MR) is 294 cm³/mol. The molecule has 2 atom stereocenters. The van der Waals surface area contributed by atoms with Gasteiger partial charge < -0.3 is 24.5 Å². The van der Waals surface area contributed by atoms with Gasteiger partial charge in [0, 0.05) is 73.8 Å². The molecule has 11 rings (SSSR count). The lowest BCUT2D eigenvalue weighted by atomic mass is 9.98. The monoisotopic (exact) mass is 1130 g/mol. The second kappa shape index (κ2) is 23.6. The lowest BCUT2D eigenvalue weighted by Gasteiger charge is -2.35. The van der Waals surface area contributed by atoms with Crippen LogP contribution in [0.15, 0.2) is 103 Å². The molecular formula is C52H58Cl2N12O9S2. The minimum atomic E-state index is -3.56. The van der Waals surface area contributed by atoms with Gasteiger partial charge in [0.25, 0.3) is 5.91 Å². The highest BCUT2D eigenvalue weighted by Crippen LogP contribution is 2.35. The van der Waals surface area contributed by atoms with Crippen molar-refractivity contribution >= 4 is 95.5 Å². The van der Waals surface area contributed by atoms with Crippen LogP contribution in [0.1, 0.15) is 101 Å². The van der Waals surface area contributed by atoms with Crippen molar-refractivity contribution in [2.75, 3.05) is 71.0 Å². The summed E-state index contributed by atoms with van der Waals surface area (Å²) < 4.78 is 59.2. The van der Waals surface area contributed by atoms with E-state index >= 15 is 0 Å². The Balaban J connectivity index is 0.000000150. The van der Waals surface area contributed by atoms with Gasteiger partial charge in [0.15, 0.2) is 11.3 Å². The van der Waals surface area contributed by atoms with Crippen LogP contribution in [0.25, 0.3) is 11.3 Å². The van der Waals surface area contributed by atoms with Crippen LogP contribution in [-0.2, 0) is 31.4 Å². The highest BCUT2D eigenvalue weighted by Gasteiger charge is 2.34. The van der Waals surface area contributed by atoms with Crippen molar-refractivity contribution in [3.05, 3.63) is 142 Å². The Hall–Kier alpha value is -7.21. The van der Waals surface area contributed by atoms with E-state index in [1.165, 1.54) is 43.2 Å². The molecule has 4 aliphatic rings. The summed E-state index contributed by atoms with van der Waals surface area (Å²) >= 11 is 11.8. The first-order valence-corrected chi connectivity index (χ1v) is 29.7. The molecule has 4 aliphatic heterocycles. The number of hydrogen-bond donors (Lipinski definition) is 3. The number of likely N-dealkylation sites (tertiary alicyclic amines) is 2. The van der Waals surface area contributed by atoms with Crippen LogP contribution < -0.4 is 19.2 Å². The zero-order valence-corrected chi connectivity index (χ0v) is 45.5. The summed E-state index contributed by atoms with van der Waals surface area (Å²) in [5.74, 6) is 0.411. The van der Waals surface area contributed by atoms with Crippen LogP contribution in [-0.4, -0.2) is 131 Å². The highest BCUT2D eigenvalue weighted by atomic mass is 35.5. The minimum Gasteiger partial charge on any atom is -0.478 e. The first kappa shape index (κ1) is 54.6. The van der Waals surface area contributed by atoms with Gasteiger partial charge in [-0.1, -0.05) is 53.5 Å². The Morgan fingerprint density at radius 3 is 1.57 bits per heavy atom. The van der Waals surface area contributed by atoms with E-state index in [0.29, 0.717) is 18.1 Å². The number of aromatic nitrogens is 6. The number of anilines is 4. The molecule has 4 aromatic heterocycles. The summed E-state index contributed by atoms with van der Waals surface area (Å²) in [6, 6.07) is 25.9. The fourth-order valence-corrected chi connectivity index (χ4v) is 10.9. The van der Waals surface area contributed by atoms with Crippen molar-refractivity contribution in [3.8, 4) is 0 Å². The lowest BCUT2D eigenvalue weighted by Crippen LogP contribution is -2.39. The van der Waals surface area contributed by atoms with E-state index < -0.39 is 26.0 Å². The van der Waals surface area contributed by atoms with Gasteiger partial charge in [-0.3, -0.25) is 19.1 Å². The molecule has 7 aromatic rings. The van der Waals surface area contributed by atoms with Crippen molar-refractivity contribution in [3.63, 3.8) is 0 Å². The van der Waals surface area contributed by atoms with Gasteiger partial charge in [-0.15, -0.1) is 0 Å². The third kappa shape index (κ3) is 13.7. The quantitative estimate of drug-likeness (QED) is 0.104. The Labute approximate surface area is 455 Å². The minimum absolute atomic E-state index is 0.00519. The molecular weight excluding hydrogens is 1070 g/mol. The fraction of sp³-hybridized carbons (Fsp3) is 0.365. The molecule has 0 saturated carbocycles. The number of carboxylic acid groups (broad SMARTS) is 1. The molecule has 2 amide bonds. The number of carbonyl (C=O) groups excluding carboxylic acids is 2. The number of sulfonamides is 2. The van der Waals surface area contributed by atoms with Crippen LogP contribution in [0, 0.1) is 0 Å². The smallest absolute Gasteiger partial charge is 0.410 e. The maximum absolute atomic E-state index is 13.6. The van der Waals surface area contributed by atoms with E-state index in [1.54, 1.807) is 20.0 Å². The van der Waals surface area contributed by atoms with Gasteiger partial charge >= 0.3 is 12.1 Å². The summed E-state index contributed by atoms with van der Waals surface area (Å²) in [5, 5.41) is 18.8. The Morgan fingerprint density at radius 1 is 0.610 bits per heavy atom. The number of nitrogens with zero attached hydrogens (tertiary/aromatic N) is 10. The van der Waals surface area contributed by atoms with Gasteiger partial charge in [0.2, 0.25) is 20.0 Å². The molecule has 8 heterocycles. The molecule has 0 unspecified atom stereocenters. The second-order valence-electron chi connectivity index (χ2n) is 19.2. The molecule has 0 spiro atoms. The first-order valence-electron chi connectivity index (χ1n) is 25.1. The number of aromatic carboxylic acids is 1. The van der Waals surface area contributed by atoms with Gasteiger partial charge in [0.1, 0.15) is 18.2 Å². The predicted octanol–water partition coefficient (Wildman–Crippen LogP) is 8.54. The molecule has 0 bridgehead atoms. The molecule has 406 valence electrons. The number of benzene rings is 3. The number of piperidine rings is 2. The maximum atomic E-state index is 13.6. The number of hydrogen-bond acceptors (Lipinski definition) is 14.